The minimum Gasteiger partial charge on any atom is -0.481 e. The molecule has 0 radical (unpaired) electrons. The Hall–Kier alpha value is -10.1. The third-order valence-electron chi connectivity index (χ3n) is 20.6. The predicted molar refractivity (Wildman–Crippen MR) is 437 cm³/mol. The first kappa shape index (κ1) is 78.5. The maximum atomic E-state index is 11.1. The Bertz CT molecular complexity index is 4910. The van der Waals surface area contributed by atoms with Crippen LogP contribution in [0.15, 0.2) is 146 Å². The molecule has 0 spiro atoms. The van der Waals surface area contributed by atoms with Crippen molar-refractivity contribution in [2.24, 2.45) is 40.0 Å². The van der Waals surface area contributed by atoms with Crippen LogP contribution < -0.4 is 10.6 Å². The molecule has 556 valence electrons. The molecule has 0 bridgehead atoms. The van der Waals surface area contributed by atoms with E-state index < -0.39 is 17.9 Å². The number of aryl methyl sites for hydroxylation is 13. The molecule has 17 heteroatoms. The van der Waals surface area contributed by atoms with Gasteiger partial charge in [-0.05, 0) is 272 Å². The van der Waals surface area contributed by atoms with E-state index in [0.717, 1.165) is 128 Å². The van der Waals surface area contributed by atoms with Gasteiger partial charge in [-0.3, -0.25) is 33.1 Å². The number of aliphatic carboxylic acids is 3. The smallest absolute Gasteiger partial charge is 0.303 e. The Morgan fingerprint density at radius 3 is 1.18 bits per heavy atom. The molecular formula is C89H107ClN10O6. The number of aromatic nitrogens is 8. The van der Waals surface area contributed by atoms with Gasteiger partial charge in [0.05, 0.1) is 46.9 Å². The van der Waals surface area contributed by atoms with Crippen molar-refractivity contribution in [3.05, 3.63) is 201 Å². The summed E-state index contributed by atoms with van der Waals surface area (Å²) in [7, 11) is 7.82. The van der Waals surface area contributed by atoms with Gasteiger partial charge in [-0.2, -0.15) is 20.4 Å². The molecule has 0 unspecified atom stereocenters. The van der Waals surface area contributed by atoms with Crippen LogP contribution in [0.1, 0.15) is 162 Å². The van der Waals surface area contributed by atoms with Gasteiger partial charge in [0.2, 0.25) is 0 Å². The van der Waals surface area contributed by atoms with E-state index in [4.69, 9.17) is 26.9 Å². The Morgan fingerprint density at radius 2 is 0.783 bits per heavy atom. The number of hydrogen-bond donors (Lipinski definition) is 5. The average molecular weight is 1450 g/mol. The summed E-state index contributed by atoms with van der Waals surface area (Å²) in [6.45, 7) is 20.7. The predicted octanol–water partition coefficient (Wildman–Crippen LogP) is 20.9. The van der Waals surface area contributed by atoms with Crippen molar-refractivity contribution in [3.8, 4) is 44.5 Å². The number of carboxylic acid groups (broad SMARTS) is 3. The number of benzene rings is 8. The summed E-state index contributed by atoms with van der Waals surface area (Å²) in [4.78, 5) is 33.1. The SMILES string of the molecule is CC(C)CCc1cc(Cl)c(CCC(=O)O)cc1-c1ccc2c(cnn2C)c1.CCCNc1cc(C)c(CCC)cc1-c1ccc2c(cnn2C)c1.Cc1cc(CCC(C)C)c(-c2ccc3c(cnn3C)c2)cc1CCC(=O)O.Cc1cc(NC2CCCC2)c(-c2ccc3c(cnn3C)c2)cc1CCC(=O)O. The van der Waals surface area contributed by atoms with Crippen LogP contribution in [0.5, 0.6) is 0 Å². The summed E-state index contributed by atoms with van der Waals surface area (Å²) in [5.74, 6) is -1.08. The van der Waals surface area contributed by atoms with Gasteiger partial charge in [0.1, 0.15) is 0 Å². The van der Waals surface area contributed by atoms with E-state index in [-0.39, 0.29) is 19.3 Å². The molecular weight excluding hydrogens is 1340 g/mol. The van der Waals surface area contributed by atoms with Crippen LogP contribution in [-0.4, -0.2) is 84.9 Å². The molecule has 16 nitrogen and oxygen atoms in total. The monoisotopic (exact) mass is 1450 g/mol. The highest BCUT2D eigenvalue weighted by molar-refractivity contribution is 6.31. The molecule has 0 saturated heterocycles. The van der Waals surface area contributed by atoms with Crippen LogP contribution >= 0.6 is 11.6 Å². The lowest BCUT2D eigenvalue weighted by Gasteiger charge is -2.20. The Labute approximate surface area is 630 Å². The highest BCUT2D eigenvalue weighted by atomic mass is 35.5. The first-order valence-corrected chi connectivity index (χ1v) is 38.3. The molecule has 8 aromatic carbocycles. The highest BCUT2D eigenvalue weighted by Crippen LogP contribution is 2.39. The van der Waals surface area contributed by atoms with Crippen LogP contribution in [-0.2, 0) is 81.1 Å². The van der Waals surface area contributed by atoms with Crippen molar-refractivity contribution in [1.82, 2.24) is 39.1 Å². The van der Waals surface area contributed by atoms with Crippen LogP contribution in [0.3, 0.4) is 0 Å². The zero-order valence-corrected chi connectivity index (χ0v) is 65.1. The van der Waals surface area contributed by atoms with Crippen molar-refractivity contribution in [2.75, 3.05) is 17.2 Å². The summed E-state index contributed by atoms with van der Waals surface area (Å²) in [6, 6.07) is 43.9. The first-order valence-electron chi connectivity index (χ1n) is 37.9. The fourth-order valence-corrected chi connectivity index (χ4v) is 14.7. The largest absolute Gasteiger partial charge is 0.481 e. The Kier molecular flexibility index (Phi) is 26.9. The normalized spacial score (nSPS) is 12.2. The molecule has 1 aliphatic rings. The van der Waals surface area contributed by atoms with Crippen LogP contribution in [0.25, 0.3) is 88.1 Å². The molecule has 4 heterocycles. The summed E-state index contributed by atoms with van der Waals surface area (Å²) < 4.78 is 7.54. The van der Waals surface area contributed by atoms with E-state index in [1.54, 1.807) is 0 Å². The standard InChI is InChI=1S/C23H27N3O2.C23H28N2O2.C22H25ClN2O2.C21H27N3/c1-15-11-21(25-19-5-3-4-6-19)20(13-16(15)8-10-23(27)28)17-7-9-22-18(12-17)14-24-26(22)2;1-15(2)5-6-18-11-16(3)17(8-10-23(26)27)13-21(18)19-7-9-22-20(12-19)14-24-25(22)4;1-14(2)4-5-16-12-20(23)17(7-9-22(26)27)11-19(16)15-6-8-21-18(10-15)13-24-25(21)3;1-5-7-16-13-19(20(11-15(16)3)22-10-6-2)17-8-9-21-18(12-17)14-23-24(21)4/h7,9,11-14,19,25H,3-6,8,10H2,1-2H3,(H,27,28);7,9,11-15H,5-6,8,10H2,1-4H3,(H,26,27);6,8,10-14H,4-5,7,9H2,1-3H3,(H,26,27);8-9,11-14,22H,5-7,10H2,1-4H3. The van der Waals surface area contributed by atoms with Gasteiger partial charge in [-0.25, -0.2) is 0 Å². The minimum atomic E-state index is -0.812. The fraction of sp³-hybridized carbons (Fsp3) is 0.382. The lowest BCUT2D eigenvalue weighted by atomic mass is 9.89. The fourth-order valence-electron chi connectivity index (χ4n) is 14.4. The van der Waals surface area contributed by atoms with E-state index in [2.05, 4.69) is 209 Å². The molecule has 0 aliphatic heterocycles. The number of halogens is 1. The molecule has 0 amide bonds. The van der Waals surface area contributed by atoms with E-state index in [1.807, 2.05) is 77.8 Å². The van der Waals surface area contributed by atoms with E-state index in [9.17, 15) is 14.4 Å². The van der Waals surface area contributed by atoms with E-state index in [0.29, 0.717) is 42.2 Å². The number of anilines is 2. The first-order chi connectivity index (χ1) is 50.8. The molecule has 1 saturated carbocycles. The third-order valence-corrected chi connectivity index (χ3v) is 21.0. The second kappa shape index (κ2) is 36.3. The Balaban J connectivity index is 0.000000151. The zero-order valence-electron chi connectivity index (χ0n) is 64.3. The summed E-state index contributed by atoms with van der Waals surface area (Å²) in [6.07, 6.45) is 22.1. The van der Waals surface area contributed by atoms with E-state index in [1.165, 1.54) is 98.8 Å². The van der Waals surface area contributed by atoms with Gasteiger partial charge >= 0.3 is 17.9 Å². The van der Waals surface area contributed by atoms with Crippen molar-refractivity contribution >= 4 is 84.5 Å². The minimum absolute atomic E-state index is 0.0755. The lowest BCUT2D eigenvalue weighted by molar-refractivity contribution is -0.138. The number of nitrogens with one attached hydrogen (secondary N) is 2. The summed E-state index contributed by atoms with van der Waals surface area (Å²) in [5, 5.41) is 57.1. The van der Waals surface area contributed by atoms with Gasteiger partial charge in [-0.1, -0.05) is 109 Å². The highest BCUT2D eigenvalue weighted by Gasteiger charge is 2.21. The molecule has 5 N–H and O–H groups in total. The maximum Gasteiger partial charge on any atom is 0.303 e. The van der Waals surface area contributed by atoms with Gasteiger partial charge < -0.3 is 26.0 Å². The quantitative estimate of drug-likeness (QED) is 0.0343. The lowest BCUT2D eigenvalue weighted by Crippen LogP contribution is -2.15. The van der Waals surface area contributed by atoms with Crippen molar-refractivity contribution in [1.29, 1.82) is 0 Å². The molecule has 12 aromatic rings. The van der Waals surface area contributed by atoms with Crippen molar-refractivity contribution < 1.29 is 29.7 Å². The number of hydrogen-bond acceptors (Lipinski definition) is 9. The van der Waals surface area contributed by atoms with Crippen LogP contribution in [0.2, 0.25) is 5.02 Å². The second-order valence-corrected chi connectivity index (χ2v) is 30.1. The van der Waals surface area contributed by atoms with Crippen molar-refractivity contribution in [3.63, 3.8) is 0 Å². The summed E-state index contributed by atoms with van der Waals surface area (Å²) >= 11 is 6.48. The van der Waals surface area contributed by atoms with Gasteiger partial charge in [-0.15, -0.1) is 0 Å². The van der Waals surface area contributed by atoms with Gasteiger partial charge in [0.15, 0.2) is 0 Å². The number of fused-ring (bicyclic) bond motifs is 4. The molecule has 1 aliphatic carbocycles. The van der Waals surface area contributed by atoms with E-state index >= 15 is 0 Å². The third kappa shape index (κ3) is 20.1. The van der Waals surface area contributed by atoms with Gasteiger partial charge in [0.25, 0.3) is 0 Å². The van der Waals surface area contributed by atoms with Crippen molar-refractivity contribution in [2.45, 2.75) is 178 Å². The zero-order chi connectivity index (χ0) is 75.9. The summed E-state index contributed by atoms with van der Waals surface area (Å²) in [5.41, 5.74) is 27.1. The Morgan fingerprint density at radius 1 is 0.434 bits per heavy atom. The number of carbonyl (C=O) groups is 3. The molecule has 0 atom stereocenters. The number of carboxylic acids is 3. The molecule has 13 rings (SSSR count). The van der Waals surface area contributed by atoms with Crippen LogP contribution in [0.4, 0.5) is 11.4 Å². The maximum absolute atomic E-state index is 11.1. The number of nitrogens with zero attached hydrogens (tertiary/aromatic N) is 8. The molecule has 4 aromatic heterocycles. The topological polar surface area (TPSA) is 207 Å². The average Bonchev–Trinajstić information content (AvgIpc) is 1.49. The number of rotatable bonds is 26. The second-order valence-electron chi connectivity index (χ2n) is 29.7. The molecule has 1 fully saturated rings. The van der Waals surface area contributed by atoms with Crippen LogP contribution in [0, 0.1) is 32.6 Å². The van der Waals surface area contributed by atoms with Gasteiger partial charge in [0, 0.05) is 109 Å². The molecule has 106 heavy (non-hydrogen) atoms.